The molecular formula is C43H42Cl4N6O. The zero-order chi connectivity index (χ0) is 36.5. The average Bonchev–Trinajstić information content (AvgIpc) is 3.97. The monoisotopic (exact) mass is 798 g/mol. The van der Waals surface area contributed by atoms with Gasteiger partial charge in [-0.1, -0.05) is 102 Å². The van der Waals surface area contributed by atoms with Gasteiger partial charge in [0.2, 0.25) is 0 Å². The number of hydrogen-bond donors (Lipinski definition) is 3. The fourth-order valence-electron chi connectivity index (χ4n) is 7.69. The molecule has 11 heteroatoms. The van der Waals surface area contributed by atoms with E-state index in [2.05, 4.69) is 37.3 Å². The van der Waals surface area contributed by atoms with E-state index in [1.165, 1.54) is 28.2 Å². The number of carbonyl (C=O) groups is 1. The minimum Gasteiger partial charge on any atom is -0.341 e. The van der Waals surface area contributed by atoms with Crippen LogP contribution in [0.2, 0.25) is 20.1 Å². The van der Waals surface area contributed by atoms with Gasteiger partial charge in [-0.25, -0.2) is 9.97 Å². The Morgan fingerprint density at radius 3 is 1.85 bits per heavy atom. The highest BCUT2D eigenvalue weighted by atomic mass is 35.5. The fraction of sp³-hybridized carbons (Fsp3) is 0.279. The number of hydrogen-bond acceptors (Lipinski definition) is 5. The Bertz CT molecular complexity index is 2270. The number of H-pyrrole nitrogens is 2. The molecule has 4 heterocycles. The van der Waals surface area contributed by atoms with E-state index in [0.29, 0.717) is 18.9 Å². The first kappa shape index (κ1) is 38.3. The average molecular weight is 801 g/mol. The maximum atomic E-state index is 11.0. The molecule has 3 N–H and O–H groups in total. The number of halogens is 4. The van der Waals surface area contributed by atoms with Gasteiger partial charge in [-0.15, -0.1) is 0 Å². The molecule has 4 aliphatic rings. The second-order valence-corrected chi connectivity index (χ2v) is 15.5. The molecule has 4 aromatic carbocycles. The van der Waals surface area contributed by atoms with Gasteiger partial charge in [0, 0.05) is 79.1 Å². The van der Waals surface area contributed by atoms with Gasteiger partial charge in [0.05, 0.1) is 32.8 Å². The lowest BCUT2D eigenvalue weighted by Gasteiger charge is -2.31. The summed E-state index contributed by atoms with van der Waals surface area (Å²) in [6.07, 6.45) is 5.16. The Hall–Kier alpha value is -3.95. The smallest absolute Gasteiger partial charge is 0.141 e. The summed E-state index contributed by atoms with van der Waals surface area (Å²) in [6, 6.07) is 28.1. The van der Waals surface area contributed by atoms with Gasteiger partial charge >= 0.3 is 0 Å². The molecule has 2 aliphatic heterocycles. The van der Waals surface area contributed by atoms with E-state index in [-0.39, 0.29) is 13.2 Å². The maximum Gasteiger partial charge on any atom is 0.141 e. The van der Waals surface area contributed by atoms with Crippen LogP contribution in [0.15, 0.2) is 84.9 Å². The normalized spacial score (nSPS) is 16.8. The van der Waals surface area contributed by atoms with E-state index < -0.39 is 0 Å². The summed E-state index contributed by atoms with van der Waals surface area (Å²) >= 11 is 24.8. The number of ketones is 1. The summed E-state index contributed by atoms with van der Waals surface area (Å²) in [6.45, 7) is 3.81. The number of imidazole rings is 2. The third-order valence-electron chi connectivity index (χ3n) is 10.4. The van der Waals surface area contributed by atoms with Crippen molar-refractivity contribution in [2.24, 2.45) is 0 Å². The molecule has 0 saturated carbocycles. The summed E-state index contributed by atoms with van der Waals surface area (Å²) in [5.41, 5.74) is 11.5. The maximum absolute atomic E-state index is 11.0. The summed E-state index contributed by atoms with van der Waals surface area (Å²) in [5, 5.41) is 6.42. The first-order valence-electron chi connectivity index (χ1n) is 17.9. The summed E-state index contributed by atoms with van der Waals surface area (Å²) in [5.74, 6) is 2.02. The number of aromatic nitrogens is 4. The lowest BCUT2D eigenvalue weighted by atomic mass is 10.1. The number of nitrogens with one attached hydrogen (secondary N) is 3. The lowest BCUT2D eigenvalue weighted by molar-refractivity contribution is -0.117. The second-order valence-electron chi connectivity index (χ2n) is 13.8. The van der Waals surface area contributed by atoms with Crippen LogP contribution >= 0.6 is 46.4 Å². The van der Waals surface area contributed by atoms with Crippen LogP contribution in [0, 0.1) is 0 Å². The molecule has 278 valence electrons. The number of benzene rings is 4. The minimum absolute atomic E-state index is 0. The van der Waals surface area contributed by atoms with Crippen LogP contribution in [0.4, 0.5) is 0 Å². The van der Waals surface area contributed by atoms with Crippen molar-refractivity contribution in [3.05, 3.63) is 150 Å². The molecule has 6 aromatic rings. The number of aromatic amines is 2. The van der Waals surface area contributed by atoms with Crippen molar-refractivity contribution in [1.82, 2.24) is 30.2 Å². The van der Waals surface area contributed by atoms with Crippen molar-refractivity contribution in [3.63, 3.8) is 0 Å². The van der Waals surface area contributed by atoms with E-state index in [9.17, 15) is 4.79 Å². The Kier molecular flexibility index (Phi) is 11.9. The standard InChI is InChI=1S/C21H19Cl2N3.C12H12ClN3.C9H7ClO.CH4/c22-17-6-2-1-5-15(17)21-24-19-8-9-26(12-20(19)25-21)14-10-13-4-3-7-18(23)16(13)11-14;13-9-4-2-1-3-8(9)12-15-10-5-6-14-7-11(10)16-12;10-9-3-1-2-6-4-7(11)5-8(6)9;/h1-7,14H,8-12H2,(H,24,25);1-4,14H,5-7H2,(H,15,16);1-3H,4-5H2;1H4. The van der Waals surface area contributed by atoms with Crippen LogP contribution in [0.5, 0.6) is 0 Å². The summed E-state index contributed by atoms with van der Waals surface area (Å²) in [4.78, 5) is 29.8. The van der Waals surface area contributed by atoms with Crippen LogP contribution in [-0.4, -0.2) is 49.8 Å². The predicted octanol–water partition coefficient (Wildman–Crippen LogP) is 9.93. The van der Waals surface area contributed by atoms with E-state index >= 15 is 0 Å². The summed E-state index contributed by atoms with van der Waals surface area (Å²) in [7, 11) is 0. The molecule has 0 amide bonds. The lowest BCUT2D eigenvalue weighted by Crippen LogP contribution is -2.39. The zero-order valence-corrected chi connectivity index (χ0v) is 32.0. The molecule has 0 spiro atoms. The predicted molar refractivity (Wildman–Crippen MR) is 221 cm³/mol. The van der Waals surface area contributed by atoms with Crippen molar-refractivity contribution in [2.75, 3.05) is 13.1 Å². The van der Waals surface area contributed by atoms with E-state index in [1.54, 1.807) is 0 Å². The SMILES string of the molecule is C.Clc1ccccc1-c1nc2c([nH]1)CN(C1Cc3cccc(Cl)c3C1)CC2.Clc1ccccc1-c1nc2c([nH]1)CNCC2.O=C1Cc2cccc(Cl)c2C1. The highest BCUT2D eigenvalue weighted by molar-refractivity contribution is 6.33. The van der Waals surface area contributed by atoms with Crippen LogP contribution in [-0.2, 0) is 56.4 Å². The number of rotatable bonds is 3. The molecule has 0 fully saturated rings. The van der Waals surface area contributed by atoms with E-state index in [1.807, 2.05) is 72.8 Å². The molecule has 10 rings (SSSR count). The van der Waals surface area contributed by atoms with Gasteiger partial charge in [-0.3, -0.25) is 9.69 Å². The van der Waals surface area contributed by atoms with Crippen molar-refractivity contribution in [2.45, 2.75) is 65.1 Å². The third kappa shape index (κ3) is 8.18. The van der Waals surface area contributed by atoms with Gasteiger partial charge in [0.25, 0.3) is 0 Å². The molecule has 0 radical (unpaired) electrons. The Balaban J connectivity index is 0.000000137. The fourth-order valence-corrected chi connectivity index (χ4v) is 8.67. The van der Waals surface area contributed by atoms with Crippen LogP contribution in [0.25, 0.3) is 22.8 Å². The second kappa shape index (κ2) is 16.8. The Morgan fingerprint density at radius 1 is 0.630 bits per heavy atom. The first-order valence-corrected chi connectivity index (χ1v) is 19.5. The molecule has 0 saturated heterocycles. The molecule has 2 aliphatic carbocycles. The molecule has 54 heavy (non-hydrogen) atoms. The number of nitrogens with zero attached hydrogens (tertiary/aromatic N) is 3. The number of fused-ring (bicyclic) bond motifs is 4. The van der Waals surface area contributed by atoms with Gasteiger partial charge in [0.15, 0.2) is 0 Å². The Labute approximate surface area is 336 Å². The quantitative estimate of drug-likeness (QED) is 0.166. The van der Waals surface area contributed by atoms with Crippen LogP contribution in [0.1, 0.15) is 52.5 Å². The van der Waals surface area contributed by atoms with Gasteiger partial charge in [-0.05, 0) is 71.5 Å². The molecule has 7 nitrogen and oxygen atoms in total. The topological polar surface area (TPSA) is 89.7 Å². The van der Waals surface area contributed by atoms with Crippen LogP contribution < -0.4 is 5.32 Å². The Morgan fingerprint density at radius 2 is 1.22 bits per heavy atom. The van der Waals surface area contributed by atoms with E-state index in [0.717, 1.165) is 112 Å². The van der Waals surface area contributed by atoms with Gasteiger partial charge < -0.3 is 15.3 Å². The molecule has 1 atom stereocenters. The first-order chi connectivity index (χ1) is 25.8. The number of Topliss-reactive ketones (excluding diaryl/α,β-unsaturated/α-hetero) is 1. The zero-order valence-electron chi connectivity index (χ0n) is 29.0. The van der Waals surface area contributed by atoms with Crippen molar-refractivity contribution >= 4 is 52.2 Å². The van der Waals surface area contributed by atoms with Crippen molar-refractivity contribution < 1.29 is 4.79 Å². The van der Waals surface area contributed by atoms with Crippen molar-refractivity contribution in [3.8, 4) is 22.8 Å². The molecular weight excluding hydrogens is 758 g/mol. The highest BCUT2D eigenvalue weighted by Crippen LogP contribution is 2.34. The molecule has 2 aromatic heterocycles. The van der Waals surface area contributed by atoms with Crippen LogP contribution in [0.3, 0.4) is 0 Å². The highest BCUT2D eigenvalue weighted by Gasteiger charge is 2.31. The molecule has 1 unspecified atom stereocenters. The minimum atomic E-state index is 0. The summed E-state index contributed by atoms with van der Waals surface area (Å²) < 4.78 is 0. The van der Waals surface area contributed by atoms with Gasteiger partial charge in [0.1, 0.15) is 17.4 Å². The van der Waals surface area contributed by atoms with E-state index in [4.69, 9.17) is 51.4 Å². The molecule has 0 bridgehead atoms. The number of carbonyl (C=O) groups excluding carboxylic acids is 1. The largest absolute Gasteiger partial charge is 0.341 e. The third-order valence-corrected chi connectivity index (χ3v) is 11.8. The van der Waals surface area contributed by atoms with Crippen molar-refractivity contribution in [1.29, 1.82) is 0 Å². The van der Waals surface area contributed by atoms with Gasteiger partial charge in [-0.2, -0.15) is 0 Å².